The summed E-state index contributed by atoms with van der Waals surface area (Å²) in [5.41, 5.74) is 1.73. The fourth-order valence-corrected chi connectivity index (χ4v) is 2.72. The number of aromatic nitrogens is 2. The van der Waals surface area contributed by atoms with Gasteiger partial charge in [0.05, 0.1) is 5.69 Å². The highest BCUT2D eigenvalue weighted by atomic mass is 16.4. The van der Waals surface area contributed by atoms with Crippen molar-refractivity contribution < 1.29 is 19.8 Å². The molecule has 0 aliphatic rings. The van der Waals surface area contributed by atoms with Crippen molar-refractivity contribution in [3.05, 3.63) is 65.1 Å². The highest BCUT2D eigenvalue weighted by Crippen LogP contribution is 2.26. The third-order valence-electron chi connectivity index (χ3n) is 3.95. The second kappa shape index (κ2) is 6.16. The number of rotatable bonds is 5. The Labute approximate surface area is 138 Å². The quantitative estimate of drug-likeness (QED) is 0.704. The summed E-state index contributed by atoms with van der Waals surface area (Å²) < 4.78 is 1.34. The molecular formula is C18H16N2O4. The Kier molecular flexibility index (Phi) is 4.04. The first-order chi connectivity index (χ1) is 11.5. The number of aromatic hydroxyl groups is 1. The average Bonchev–Trinajstić information content (AvgIpc) is 2.92. The van der Waals surface area contributed by atoms with E-state index >= 15 is 0 Å². The van der Waals surface area contributed by atoms with E-state index < -0.39 is 5.97 Å². The maximum atomic E-state index is 12.2. The average molecular weight is 324 g/mol. The lowest BCUT2D eigenvalue weighted by Crippen LogP contribution is -2.04. The number of ketones is 1. The molecule has 122 valence electrons. The van der Waals surface area contributed by atoms with E-state index in [0.29, 0.717) is 23.2 Å². The molecule has 0 saturated carbocycles. The molecule has 0 aliphatic carbocycles. The van der Waals surface area contributed by atoms with Gasteiger partial charge in [0.15, 0.2) is 22.9 Å². The van der Waals surface area contributed by atoms with Crippen LogP contribution in [0.25, 0.3) is 5.65 Å². The number of hydrogen-bond donors (Lipinski definition) is 2. The fraction of sp³-hybridized carbons (Fsp3) is 0.167. The summed E-state index contributed by atoms with van der Waals surface area (Å²) in [7, 11) is 0. The summed E-state index contributed by atoms with van der Waals surface area (Å²) in [4.78, 5) is 27.6. The number of pyridine rings is 1. The SMILES string of the molecule is Cc1nc2c(O)c(CCC(=O)c3ccccc3)ccn2c1C(=O)O. The van der Waals surface area contributed by atoms with Crippen molar-refractivity contribution in [3.63, 3.8) is 0 Å². The minimum atomic E-state index is -1.11. The number of carboxylic acids is 1. The van der Waals surface area contributed by atoms with Gasteiger partial charge < -0.3 is 10.2 Å². The van der Waals surface area contributed by atoms with E-state index in [2.05, 4.69) is 4.98 Å². The second-order valence-corrected chi connectivity index (χ2v) is 5.52. The summed E-state index contributed by atoms with van der Waals surface area (Å²) in [5, 5.41) is 19.6. The predicted octanol–water partition coefficient (Wildman–Crippen LogP) is 2.86. The number of aryl methyl sites for hydroxylation is 2. The number of benzene rings is 1. The zero-order chi connectivity index (χ0) is 17.3. The summed E-state index contributed by atoms with van der Waals surface area (Å²) in [5.74, 6) is -1.21. The highest BCUT2D eigenvalue weighted by Gasteiger charge is 2.19. The number of carbonyl (C=O) groups excluding carboxylic acids is 1. The van der Waals surface area contributed by atoms with Gasteiger partial charge in [-0.15, -0.1) is 0 Å². The van der Waals surface area contributed by atoms with Crippen molar-refractivity contribution in [2.24, 2.45) is 0 Å². The molecule has 0 aliphatic heterocycles. The summed E-state index contributed by atoms with van der Waals surface area (Å²) >= 11 is 0. The van der Waals surface area contributed by atoms with Crippen LogP contribution in [0.5, 0.6) is 5.75 Å². The number of carbonyl (C=O) groups is 2. The van der Waals surface area contributed by atoms with E-state index in [0.717, 1.165) is 0 Å². The maximum Gasteiger partial charge on any atom is 0.354 e. The number of hydrogen-bond acceptors (Lipinski definition) is 4. The standard InChI is InChI=1S/C18H16N2O4/c1-11-15(18(23)24)20-10-9-13(16(22)17(20)19-11)7-8-14(21)12-5-3-2-4-6-12/h2-6,9-10,22H,7-8H2,1H3,(H,23,24). The molecule has 0 amide bonds. The molecule has 0 bridgehead atoms. The van der Waals surface area contributed by atoms with Crippen LogP contribution in [0.1, 0.15) is 38.5 Å². The molecule has 0 unspecified atom stereocenters. The molecule has 2 heterocycles. The minimum absolute atomic E-state index is 0.0133. The van der Waals surface area contributed by atoms with E-state index in [4.69, 9.17) is 0 Å². The van der Waals surface area contributed by atoms with Crippen LogP contribution in [0.15, 0.2) is 42.6 Å². The Bertz CT molecular complexity index is 929. The van der Waals surface area contributed by atoms with E-state index in [-0.39, 0.29) is 29.3 Å². The summed E-state index contributed by atoms with van der Waals surface area (Å²) in [6.45, 7) is 1.58. The Hall–Kier alpha value is -3.15. The van der Waals surface area contributed by atoms with Gasteiger partial charge in [-0.1, -0.05) is 30.3 Å². The molecule has 2 aromatic heterocycles. The van der Waals surface area contributed by atoms with E-state index in [9.17, 15) is 19.8 Å². The molecule has 0 fully saturated rings. The van der Waals surface area contributed by atoms with Crippen LogP contribution >= 0.6 is 0 Å². The van der Waals surface area contributed by atoms with Crippen molar-refractivity contribution in [2.75, 3.05) is 0 Å². The molecule has 1 aromatic carbocycles. The molecule has 2 N–H and O–H groups in total. The van der Waals surface area contributed by atoms with Crippen molar-refractivity contribution in [1.82, 2.24) is 9.38 Å². The van der Waals surface area contributed by atoms with Gasteiger partial charge >= 0.3 is 5.97 Å². The monoisotopic (exact) mass is 324 g/mol. The fourth-order valence-electron chi connectivity index (χ4n) is 2.72. The van der Waals surface area contributed by atoms with Crippen LogP contribution in [0.3, 0.4) is 0 Å². The number of carboxylic acid groups (broad SMARTS) is 1. The van der Waals surface area contributed by atoms with Crippen LogP contribution in [-0.4, -0.2) is 31.4 Å². The number of fused-ring (bicyclic) bond motifs is 1. The van der Waals surface area contributed by atoms with Gasteiger partial charge in [-0.25, -0.2) is 9.78 Å². The van der Waals surface area contributed by atoms with Gasteiger partial charge in [0.2, 0.25) is 0 Å². The Morgan fingerprint density at radius 1 is 1.17 bits per heavy atom. The first-order valence-corrected chi connectivity index (χ1v) is 7.50. The lowest BCUT2D eigenvalue weighted by atomic mass is 10.0. The topological polar surface area (TPSA) is 91.9 Å². The Morgan fingerprint density at radius 2 is 1.88 bits per heavy atom. The first-order valence-electron chi connectivity index (χ1n) is 7.50. The van der Waals surface area contributed by atoms with Crippen molar-refractivity contribution in [2.45, 2.75) is 19.8 Å². The molecule has 0 spiro atoms. The number of Topliss-reactive ketones (excluding diaryl/α,β-unsaturated/α-hetero) is 1. The molecule has 3 rings (SSSR count). The smallest absolute Gasteiger partial charge is 0.354 e. The lowest BCUT2D eigenvalue weighted by Gasteiger charge is -2.06. The van der Waals surface area contributed by atoms with Crippen LogP contribution in [0.4, 0.5) is 0 Å². The number of nitrogens with zero attached hydrogens (tertiary/aromatic N) is 2. The van der Waals surface area contributed by atoms with E-state index in [1.807, 2.05) is 6.07 Å². The highest BCUT2D eigenvalue weighted by molar-refractivity contribution is 5.96. The maximum absolute atomic E-state index is 12.2. The van der Waals surface area contributed by atoms with Gasteiger partial charge in [0.1, 0.15) is 0 Å². The van der Waals surface area contributed by atoms with Crippen molar-refractivity contribution in [1.29, 1.82) is 0 Å². The van der Waals surface area contributed by atoms with E-state index in [1.165, 1.54) is 4.40 Å². The van der Waals surface area contributed by atoms with Crippen LogP contribution in [0, 0.1) is 6.92 Å². The van der Waals surface area contributed by atoms with Crippen molar-refractivity contribution >= 4 is 17.4 Å². The second-order valence-electron chi connectivity index (χ2n) is 5.52. The van der Waals surface area contributed by atoms with Crippen LogP contribution in [0.2, 0.25) is 0 Å². The largest absolute Gasteiger partial charge is 0.504 e. The molecule has 6 nitrogen and oxygen atoms in total. The molecule has 6 heteroatoms. The van der Waals surface area contributed by atoms with Crippen LogP contribution < -0.4 is 0 Å². The zero-order valence-corrected chi connectivity index (χ0v) is 13.1. The number of imidazole rings is 1. The normalized spacial score (nSPS) is 10.9. The molecule has 0 saturated heterocycles. The van der Waals surface area contributed by atoms with Gasteiger partial charge in [-0.3, -0.25) is 9.20 Å². The Balaban J connectivity index is 1.87. The summed E-state index contributed by atoms with van der Waals surface area (Å²) in [6.07, 6.45) is 2.16. The van der Waals surface area contributed by atoms with E-state index in [1.54, 1.807) is 43.5 Å². The zero-order valence-electron chi connectivity index (χ0n) is 13.1. The lowest BCUT2D eigenvalue weighted by molar-refractivity contribution is 0.0688. The molecule has 0 atom stereocenters. The van der Waals surface area contributed by atoms with Gasteiger partial charge in [-0.2, -0.15) is 0 Å². The molecule has 24 heavy (non-hydrogen) atoms. The summed E-state index contributed by atoms with van der Waals surface area (Å²) in [6, 6.07) is 10.6. The third kappa shape index (κ3) is 2.74. The number of aromatic carboxylic acids is 1. The van der Waals surface area contributed by atoms with Crippen molar-refractivity contribution in [3.8, 4) is 5.75 Å². The first kappa shape index (κ1) is 15.7. The van der Waals surface area contributed by atoms with Gasteiger partial charge in [-0.05, 0) is 25.0 Å². The minimum Gasteiger partial charge on any atom is -0.504 e. The predicted molar refractivity (Wildman–Crippen MR) is 87.6 cm³/mol. The molecule has 0 radical (unpaired) electrons. The van der Waals surface area contributed by atoms with Crippen LogP contribution in [-0.2, 0) is 6.42 Å². The van der Waals surface area contributed by atoms with Gasteiger partial charge in [0.25, 0.3) is 0 Å². The third-order valence-corrected chi connectivity index (χ3v) is 3.95. The molecular weight excluding hydrogens is 308 g/mol. The Morgan fingerprint density at radius 3 is 2.54 bits per heavy atom. The molecule has 3 aromatic rings. The van der Waals surface area contributed by atoms with Gasteiger partial charge in [0, 0.05) is 18.2 Å².